The molecule has 0 atom stereocenters. The van der Waals surface area contributed by atoms with Crippen molar-refractivity contribution in [3.8, 4) is 0 Å². The highest BCUT2D eigenvalue weighted by Gasteiger charge is 2.29. The molecule has 0 aliphatic rings. The van der Waals surface area contributed by atoms with E-state index < -0.39 is 17.9 Å². The van der Waals surface area contributed by atoms with Crippen LogP contribution in [-0.4, -0.2) is 30.1 Å². The van der Waals surface area contributed by atoms with Gasteiger partial charge in [-0.05, 0) is 38.8 Å². The maximum Gasteiger partial charge on any atom is 0.320 e. The van der Waals surface area contributed by atoms with Crippen molar-refractivity contribution in [3.63, 3.8) is 0 Å². The van der Waals surface area contributed by atoms with Crippen LogP contribution < -0.4 is 0 Å². The van der Waals surface area contributed by atoms with Crippen LogP contribution in [0.25, 0.3) is 10.9 Å². The zero-order valence-electron chi connectivity index (χ0n) is 13.5. The molecule has 23 heavy (non-hydrogen) atoms. The number of esters is 2. The first-order valence-electron chi connectivity index (χ1n) is 7.83. The van der Waals surface area contributed by atoms with Gasteiger partial charge in [-0.15, -0.1) is 0 Å². The number of aromatic nitrogens is 1. The lowest BCUT2D eigenvalue weighted by Crippen LogP contribution is -2.28. The maximum absolute atomic E-state index is 11.9. The van der Waals surface area contributed by atoms with Crippen molar-refractivity contribution in [1.29, 1.82) is 0 Å². The van der Waals surface area contributed by atoms with Crippen molar-refractivity contribution in [2.24, 2.45) is 5.92 Å². The summed E-state index contributed by atoms with van der Waals surface area (Å²) in [5.74, 6) is -1.97. The van der Waals surface area contributed by atoms with Gasteiger partial charge in [0, 0.05) is 11.1 Å². The molecule has 0 spiro atoms. The SMILES string of the molecule is CCOC(=O)C(CCc1ccc2ccccc2n1)C(=O)OCC. The first-order chi connectivity index (χ1) is 11.2. The van der Waals surface area contributed by atoms with Crippen LogP contribution in [0.4, 0.5) is 0 Å². The van der Waals surface area contributed by atoms with Crippen molar-refractivity contribution in [3.05, 3.63) is 42.1 Å². The fraction of sp³-hybridized carbons (Fsp3) is 0.389. The highest BCUT2D eigenvalue weighted by Crippen LogP contribution is 2.16. The molecule has 0 N–H and O–H groups in total. The van der Waals surface area contributed by atoms with E-state index in [1.165, 1.54) is 0 Å². The Bertz CT molecular complexity index is 666. The van der Waals surface area contributed by atoms with Gasteiger partial charge in [-0.2, -0.15) is 0 Å². The number of para-hydroxylation sites is 1. The highest BCUT2D eigenvalue weighted by atomic mass is 16.6. The van der Waals surface area contributed by atoms with Gasteiger partial charge in [0.05, 0.1) is 18.7 Å². The van der Waals surface area contributed by atoms with Crippen LogP contribution in [-0.2, 0) is 25.5 Å². The summed E-state index contributed by atoms with van der Waals surface area (Å²) in [6.07, 6.45) is 0.830. The van der Waals surface area contributed by atoms with E-state index in [9.17, 15) is 9.59 Å². The normalized spacial score (nSPS) is 10.7. The summed E-state index contributed by atoms with van der Waals surface area (Å²) in [6, 6.07) is 11.7. The molecule has 5 heteroatoms. The molecule has 0 radical (unpaired) electrons. The number of hydrogen-bond donors (Lipinski definition) is 0. The summed E-state index contributed by atoms with van der Waals surface area (Å²) < 4.78 is 9.94. The summed E-state index contributed by atoms with van der Waals surface area (Å²) in [4.78, 5) is 28.5. The molecule has 0 saturated heterocycles. The number of carbonyl (C=O) groups is 2. The number of carbonyl (C=O) groups excluding carboxylic acids is 2. The Morgan fingerprint density at radius 2 is 1.65 bits per heavy atom. The molecule has 1 heterocycles. The summed E-state index contributed by atoms with van der Waals surface area (Å²) in [7, 11) is 0. The van der Waals surface area contributed by atoms with Gasteiger partial charge < -0.3 is 9.47 Å². The zero-order chi connectivity index (χ0) is 16.7. The summed E-state index contributed by atoms with van der Waals surface area (Å²) >= 11 is 0. The zero-order valence-corrected chi connectivity index (χ0v) is 13.5. The van der Waals surface area contributed by atoms with Gasteiger partial charge in [0.25, 0.3) is 0 Å². The Morgan fingerprint density at radius 1 is 1.00 bits per heavy atom. The van der Waals surface area contributed by atoms with Crippen LogP contribution >= 0.6 is 0 Å². The van der Waals surface area contributed by atoms with Crippen LogP contribution in [0.1, 0.15) is 26.0 Å². The third kappa shape index (κ3) is 4.52. The lowest BCUT2D eigenvalue weighted by molar-refractivity contribution is -0.161. The van der Waals surface area contributed by atoms with Gasteiger partial charge >= 0.3 is 11.9 Å². The van der Waals surface area contributed by atoms with Gasteiger partial charge in [0.1, 0.15) is 0 Å². The van der Waals surface area contributed by atoms with Crippen LogP contribution in [0.15, 0.2) is 36.4 Å². The second-order valence-electron chi connectivity index (χ2n) is 5.09. The van der Waals surface area contributed by atoms with E-state index in [0.29, 0.717) is 12.8 Å². The molecule has 2 rings (SSSR count). The predicted molar refractivity (Wildman–Crippen MR) is 86.8 cm³/mol. The van der Waals surface area contributed by atoms with Crippen molar-refractivity contribution >= 4 is 22.8 Å². The van der Waals surface area contributed by atoms with Crippen LogP contribution in [0.2, 0.25) is 0 Å². The average molecular weight is 315 g/mol. The fourth-order valence-electron chi connectivity index (χ4n) is 2.36. The molecule has 1 aromatic heterocycles. The summed E-state index contributed by atoms with van der Waals surface area (Å²) in [5.41, 5.74) is 1.73. The molecular weight excluding hydrogens is 294 g/mol. The second-order valence-corrected chi connectivity index (χ2v) is 5.09. The van der Waals surface area contributed by atoms with E-state index in [1.54, 1.807) is 13.8 Å². The first kappa shape index (κ1) is 16.9. The molecule has 2 aromatic rings. The molecule has 0 aliphatic carbocycles. The van der Waals surface area contributed by atoms with Gasteiger partial charge in [-0.25, -0.2) is 0 Å². The minimum Gasteiger partial charge on any atom is -0.465 e. The summed E-state index contributed by atoms with van der Waals surface area (Å²) in [5, 5.41) is 1.06. The quantitative estimate of drug-likeness (QED) is 0.580. The number of aryl methyl sites for hydroxylation is 1. The topological polar surface area (TPSA) is 65.5 Å². The van der Waals surface area contributed by atoms with Crippen LogP contribution in [0.5, 0.6) is 0 Å². The Morgan fingerprint density at radius 3 is 2.30 bits per heavy atom. The molecule has 0 saturated carbocycles. The third-order valence-corrected chi connectivity index (χ3v) is 3.49. The molecule has 0 aliphatic heterocycles. The van der Waals surface area contributed by atoms with Gasteiger partial charge in [0.2, 0.25) is 0 Å². The Labute approximate surface area is 135 Å². The Balaban J connectivity index is 2.09. The number of hydrogen-bond acceptors (Lipinski definition) is 5. The van der Waals surface area contributed by atoms with Crippen molar-refractivity contribution < 1.29 is 19.1 Å². The number of nitrogens with zero attached hydrogens (tertiary/aromatic N) is 1. The Hall–Kier alpha value is -2.43. The number of rotatable bonds is 7. The predicted octanol–water partition coefficient (Wildman–Crippen LogP) is 2.91. The second kappa shape index (κ2) is 8.27. The highest BCUT2D eigenvalue weighted by molar-refractivity contribution is 5.94. The van der Waals surface area contributed by atoms with E-state index >= 15 is 0 Å². The van der Waals surface area contributed by atoms with E-state index in [2.05, 4.69) is 4.98 Å². The molecule has 0 amide bonds. The minimum atomic E-state index is -0.900. The molecule has 0 bridgehead atoms. The molecule has 5 nitrogen and oxygen atoms in total. The lowest BCUT2D eigenvalue weighted by Gasteiger charge is -2.14. The van der Waals surface area contributed by atoms with Crippen molar-refractivity contribution in [2.45, 2.75) is 26.7 Å². The molecule has 0 unspecified atom stereocenters. The monoisotopic (exact) mass is 315 g/mol. The third-order valence-electron chi connectivity index (χ3n) is 3.49. The number of benzene rings is 1. The number of ether oxygens (including phenoxy) is 2. The number of fused-ring (bicyclic) bond motifs is 1. The maximum atomic E-state index is 11.9. The average Bonchev–Trinajstić information content (AvgIpc) is 2.55. The Kier molecular flexibility index (Phi) is 6.09. The van der Waals surface area contributed by atoms with Crippen LogP contribution in [0.3, 0.4) is 0 Å². The van der Waals surface area contributed by atoms with Gasteiger partial charge in [-0.1, -0.05) is 24.3 Å². The van der Waals surface area contributed by atoms with Crippen LogP contribution in [0, 0.1) is 5.92 Å². The van der Waals surface area contributed by atoms with Gasteiger partial charge in [0.15, 0.2) is 5.92 Å². The standard InChI is InChI=1S/C18H21NO4/c1-3-22-17(20)15(18(21)23-4-2)12-11-14-10-9-13-7-5-6-8-16(13)19-14/h5-10,15H,3-4,11-12H2,1-2H3. The fourth-order valence-corrected chi connectivity index (χ4v) is 2.36. The molecule has 122 valence electrons. The first-order valence-corrected chi connectivity index (χ1v) is 7.83. The lowest BCUT2D eigenvalue weighted by atomic mass is 10.0. The minimum absolute atomic E-state index is 0.239. The van der Waals surface area contributed by atoms with E-state index in [0.717, 1.165) is 16.6 Å². The summed E-state index contributed by atoms with van der Waals surface area (Å²) in [6.45, 7) is 3.90. The van der Waals surface area contributed by atoms with Gasteiger partial charge in [-0.3, -0.25) is 14.6 Å². The smallest absolute Gasteiger partial charge is 0.320 e. The molecule has 1 aromatic carbocycles. The van der Waals surface area contributed by atoms with Crippen molar-refractivity contribution in [1.82, 2.24) is 4.98 Å². The van der Waals surface area contributed by atoms with Crippen molar-refractivity contribution in [2.75, 3.05) is 13.2 Å². The van der Waals surface area contributed by atoms with E-state index in [1.807, 2.05) is 36.4 Å². The molecular formula is C18H21NO4. The van der Waals surface area contributed by atoms with E-state index in [-0.39, 0.29) is 13.2 Å². The number of pyridine rings is 1. The molecule has 0 fully saturated rings. The van der Waals surface area contributed by atoms with E-state index in [4.69, 9.17) is 9.47 Å². The largest absolute Gasteiger partial charge is 0.465 e.